The van der Waals surface area contributed by atoms with Crippen molar-refractivity contribution in [3.63, 3.8) is 0 Å². The molecule has 6 nitrogen and oxygen atoms in total. The van der Waals surface area contributed by atoms with Gasteiger partial charge in [0.25, 0.3) is 11.6 Å². The second-order valence-corrected chi connectivity index (χ2v) is 4.87. The lowest BCUT2D eigenvalue weighted by Gasteiger charge is -2.17. The lowest BCUT2D eigenvalue weighted by Crippen LogP contribution is -2.32. The Labute approximate surface area is 111 Å². The number of hydroxylamine groups is 1. The molecule has 0 heterocycles. The van der Waals surface area contributed by atoms with Gasteiger partial charge in [-0.25, -0.2) is 5.48 Å². The molecule has 19 heavy (non-hydrogen) atoms. The van der Waals surface area contributed by atoms with Crippen molar-refractivity contribution in [3.8, 4) is 0 Å². The van der Waals surface area contributed by atoms with Crippen LogP contribution in [0.15, 0.2) is 30.3 Å². The minimum absolute atomic E-state index is 0.0199. The first-order valence-corrected chi connectivity index (χ1v) is 5.68. The SMILES string of the molecule is CC(C)(C)ONC(=O)/C=C/c1cccc([N+](=O)[O-])c1. The van der Waals surface area contributed by atoms with Crippen LogP contribution in [-0.4, -0.2) is 16.4 Å². The van der Waals surface area contributed by atoms with Crippen LogP contribution in [0.3, 0.4) is 0 Å². The number of carbonyl (C=O) groups excluding carboxylic acids is 1. The van der Waals surface area contributed by atoms with E-state index in [2.05, 4.69) is 5.48 Å². The molecule has 0 radical (unpaired) electrons. The third kappa shape index (κ3) is 5.78. The number of benzene rings is 1. The van der Waals surface area contributed by atoms with Crippen molar-refractivity contribution in [3.05, 3.63) is 46.0 Å². The number of rotatable bonds is 4. The van der Waals surface area contributed by atoms with Crippen LogP contribution >= 0.6 is 0 Å². The fourth-order valence-corrected chi connectivity index (χ4v) is 1.15. The maximum atomic E-state index is 11.4. The Morgan fingerprint density at radius 1 is 1.42 bits per heavy atom. The van der Waals surface area contributed by atoms with Crippen LogP contribution in [0.1, 0.15) is 26.3 Å². The predicted molar refractivity (Wildman–Crippen MR) is 71.1 cm³/mol. The minimum atomic E-state index is -0.486. The Hall–Kier alpha value is -2.21. The number of nitro benzene ring substituents is 1. The largest absolute Gasteiger partial charge is 0.270 e. The predicted octanol–water partition coefficient (Wildman–Crippen LogP) is 2.45. The molecular weight excluding hydrogens is 248 g/mol. The van der Waals surface area contributed by atoms with Crippen LogP contribution in [0.25, 0.3) is 6.08 Å². The molecule has 0 aliphatic heterocycles. The number of nitro groups is 1. The Morgan fingerprint density at radius 3 is 2.68 bits per heavy atom. The number of amides is 1. The maximum absolute atomic E-state index is 11.4. The smallest absolute Gasteiger partial charge is 0.268 e. The van der Waals surface area contributed by atoms with Crippen LogP contribution in [0, 0.1) is 10.1 Å². The molecule has 0 bridgehead atoms. The molecule has 0 atom stereocenters. The van der Waals surface area contributed by atoms with Gasteiger partial charge >= 0.3 is 0 Å². The van der Waals surface area contributed by atoms with E-state index in [1.54, 1.807) is 32.9 Å². The van der Waals surface area contributed by atoms with Crippen molar-refractivity contribution in [2.24, 2.45) is 0 Å². The summed E-state index contributed by atoms with van der Waals surface area (Å²) in [4.78, 5) is 26.6. The summed E-state index contributed by atoms with van der Waals surface area (Å²) in [6.07, 6.45) is 2.74. The number of non-ortho nitro benzene ring substituents is 1. The first-order chi connectivity index (χ1) is 8.78. The molecule has 0 aromatic heterocycles. The summed E-state index contributed by atoms with van der Waals surface area (Å²) in [6.45, 7) is 5.41. The van der Waals surface area contributed by atoms with Crippen molar-refractivity contribution in [2.45, 2.75) is 26.4 Å². The molecular formula is C13H16N2O4. The average Bonchev–Trinajstić information content (AvgIpc) is 2.33. The van der Waals surface area contributed by atoms with Crippen LogP contribution in [-0.2, 0) is 9.63 Å². The molecule has 1 aromatic rings. The highest BCUT2D eigenvalue weighted by Gasteiger charge is 2.11. The quantitative estimate of drug-likeness (QED) is 0.514. The summed E-state index contributed by atoms with van der Waals surface area (Å²) in [6, 6.07) is 6.00. The van der Waals surface area contributed by atoms with E-state index in [0.717, 1.165) is 0 Å². The molecule has 1 aromatic carbocycles. The Kier molecular flexibility index (Phi) is 4.77. The summed E-state index contributed by atoms with van der Waals surface area (Å²) in [5.41, 5.74) is 2.34. The molecule has 0 fully saturated rings. The maximum Gasteiger partial charge on any atom is 0.270 e. The van der Waals surface area contributed by atoms with Crippen molar-refractivity contribution in [1.29, 1.82) is 0 Å². The summed E-state index contributed by atoms with van der Waals surface area (Å²) in [7, 11) is 0. The van der Waals surface area contributed by atoms with Gasteiger partial charge in [0.05, 0.1) is 10.5 Å². The van der Waals surface area contributed by atoms with Gasteiger partial charge in [0, 0.05) is 18.2 Å². The summed E-state index contributed by atoms with van der Waals surface area (Å²) in [5, 5.41) is 10.6. The molecule has 0 aliphatic rings. The van der Waals surface area contributed by atoms with E-state index >= 15 is 0 Å². The standard InChI is InChI=1S/C13H16N2O4/c1-13(2,3)19-14-12(16)8-7-10-5-4-6-11(9-10)15(17)18/h4-9H,1-3H3,(H,14,16)/b8-7+. The van der Waals surface area contributed by atoms with Crippen molar-refractivity contribution < 1.29 is 14.6 Å². The van der Waals surface area contributed by atoms with Crippen molar-refractivity contribution in [2.75, 3.05) is 0 Å². The lowest BCUT2D eigenvalue weighted by molar-refractivity contribution is -0.384. The van der Waals surface area contributed by atoms with Gasteiger partial charge in [-0.05, 0) is 32.4 Å². The monoisotopic (exact) mass is 264 g/mol. The molecule has 0 saturated heterocycles. The molecule has 0 aliphatic carbocycles. The van der Waals surface area contributed by atoms with E-state index in [9.17, 15) is 14.9 Å². The lowest BCUT2D eigenvalue weighted by atomic mass is 10.2. The number of hydrogen-bond donors (Lipinski definition) is 1. The van der Waals surface area contributed by atoms with Gasteiger partial charge in [0.2, 0.25) is 0 Å². The van der Waals surface area contributed by atoms with Gasteiger partial charge in [-0.15, -0.1) is 0 Å². The Balaban J connectivity index is 2.64. The van der Waals surface area contributed by atoms with E-state index < -0.39 is 16.4 Å². The van der Waals surface area contributed by atoms with Gasteiger partial charge in [0.1, 0.15) is 0 Å². The van der Waals surface area contributed by atoms with Gasteiger partial charge in [-0.1, -0.05) is 12.1 Å². The highest BCUT2D eigenvalue weighted by Crippen LogP contribution is 2.14. The first-order valence-electron chi connectivity index (χ1n) is 5.68. The van der Waals surface area contributed by atoms with E-state index in [4.69, 9.17) is 4.84 Å². The molecule has 1 rings (SSSR count). The molecule has 0 saturated carbocycles. The van der Waals surface area contributed by atoms with E-state index in [1.165, 1.54) is 24.3 Å². The minimum Gasteiger partial charge on any atom is -0.268 e. The Bertz CT molecular complexity index is 504. The van der Waals surface area contributed by atoms with Gasteiger partial charge in [-0.2, -0.15) is 0 Å². The van der Waals surface area contributed by atoms with E-state index in [1.807, 2.05) is 0 Å². The number of carbonyl (C=O) groups is 1. The third-order valence-corrected chi connectivity index (χ3v) is 1.97. The highest BCUT2D eigenvalue weighted by molar-refractivity contribution is 5.91. The van der Waals surface area contributed by atoms with Crippen LogP contribution in [0.4, 0.5) is 5.69 Å². The molecule has 6 heteroatoms. The summed E-state index contributed by atoms with van der Waals surface area (Å²) in [5.74, 6) is -0.429. The number of nitrogens with one attached hydrogen (secondary N) is 1. The molecule has 0 unspecified atom stereocenters. The normalized spacial score (nSPS) is 11.5. The fraction of sp³-hybridized carbons (Fsp3) is 0.308. The third-order valence-electron chi connectivity index (χ3n) is 1.97. The zero-order valence-electron chi connectivity index (χ0n) is 11.0. The Morgan fingerprint density at radius 2 is 2.11 bits per heavy atom. The van der Waals surface area contributed by atoms with Crippen LogP contribution < -0.4 is 5.48 Å². The molecule has 0 spiro atoms. The topological polar surface area (TPSA) is 81.5 Å². The number of nitrogens with zero attached hydrogens (tertiary/aromatic N) is 1. The van der Waals surface area contributed by atoms with E-state index in [-0.39, 0.29) is 5.69 Å². The molecule has 1 amide bonds. The van der Waals surface area contributed by atoms with Gasteiger partial charge in [-0.3, -0.25) is 19.7 Å². The highest BCUT2D eigenvalue weighted by atomic mass is 16.7. The zero-order valence-corrected chi connectivity index (χ0v) is 11.0. The van der Waals surface area contributed by atoms with E-state index in [0.29, 0.717) is 5.56 Å². The summed E-state index contributed by atoms with van der Waals surface area (Å²) >= 11 is 0. The van der Waals surface area contributed by atoms with Crippen LogP contribution in [0.2, 0.25) is 0 Å². The molecule has 1 N–H and O–H groups in total. The average molecular weight is 264 g/mol. The van der Waals surface area contributed by atoms with Crippen molar-refractivity contribution in [1.82, 2.24) is 5.48 Å². The fourth-order valence-electron chi connectivity index (χ4n) is 1.15. The number of hydrogen-bond acceptors (Lipinski definition) is 4. The second kappa shape index (κ2) is 6.10. The first kappa shape index (κ1) is 14.8. The van der Waals surface area contributed by atoms with Gasteiger partial charge < -0.3 is 0 Å². The summed E-state index contributed by atoms with van der Waals surface area (Å²) < 4.78 is 0. The van der Waals surface area contributed by atoms with Gasteiger partial charge in [0.15, 0.2) is 0 Å². The van der Waals surface area contributed by atoms with Crippen molar-refractivity contribution >= 4 is 17.7 Å². The molecule has 102 valence electrons. The van der Waals surface area contributed by atoms with Crippen LogP contribution in [0.5, 0.6) is 0 Å². The zero-order chi connectivity index (χ0) is 14.5. The second-order valence-electron chi connectivity index (χ2n) is 4.87.